The van der Waals surface area contributed by atoms with Crippen molar-refractivity contribution in [2.75, 3.05) is 47.8 Å². The van der Waals surface area contributed by atoms with Crippen LogP contribution in [0.25, 0.3) is 0 Å². The van der Waals surface area contributed by atoms with E-state index in [4.69, 9.17) is 4.98 Å². The Kier molecular flexibility index (Phi) is 4.20. The van der Waals surface area contributed by atoms with E-state index in [0.29, 0.717) is 0 Å². The average molecular weight is 363 g/mol. The number of hydrogen-bond acceptors (Lipinski definition) is 5. The van der Waals surface area contributed by atoms with Crippen molar-refractivity contribution >= 4 is 23.1 Å². The van der Waals surface area contributed by atoms with Crippen molar-refractivity contribution in [2.45, 2.75) is 25.4 Å². The van der Waals surface area contributed by atoms with E-state index in [9.17, 15) is 4.79 Å². The minimum atomic E-state index is -0.0260. The second-order valence-electron chi connectivity index (χ2n) is 7.65. The highest BCUT2D eigenvalue weighted by Gasteiger charge is 2.37. The van der Waals surface area contributed by atoms with E-state index in [2.05, 4.69) is 56.4 Å². The van der Waals surface area contributed by atoms with Crippen LogP contribution in [0.2, 0.25) is 0 Å². The summed E-state index contributed by atoms with van der Waals surface area (Å²) in [6.45, 7) is 5.95. The molecule has 0 saturated carbocycles. The van der Waals surface area contributed by atoms with Crippen LogP contribution in [-0.2, 0) is 11.3 Å². The van der Waals surface area contributed by atoms with Crippen molar-refractivity contribution in [1.29, 1.82) is 0 Å². The Labute approximate surface area is 159 Å². The molecule has 2 aromatic rings. The molecule has 0 radical (unpaired) electrons. The number of fused-ring (bicyclic) bond motifs is 3. The highest BCUT2D eigenvalue weighted by molar-refractivity contribution is 6.03. The zero-order chi connectivity index (χ0) is 18.2. The van der Waals surface area contributed by atoms with E-state index in [1.54, 1.807) is 0 Å². The number of para-hydroxylation sites is 1. The lowest BCUT2D eigenvalue weighted by Gasteiger charge is -2.36. The Morgan fingerprint density at radius 1 is 1.07 bits per heavy atom. The van der Waals surface area contributed by atoms with Crippen molar-refractivity contribution in [1.82, 2.24) is 9.88 Å². The van der Waals surface area contributed by atoms with E-state index < -0.39 is 0 Å². The van der Waals surface area contributed by atoms with Gasteiger partial charge in [0.05, 0.1) is 5.69 Å². The largest absolute Gasteiger partial charge is 0.369 e. The molecule has 1 atom stereocenters. The van der Waals surface area contributed by atoms with Gasteiger partial charge in [-0.2, -0.15) is 0 Å². The third-order valence-corrected chi connectivity index (χ3v) is 5.91. The Balaban J connectivity index is 1.25. The van der Waals surface area contributed by atoms with Gasteiger partial charge in [-0.3, -0.25) is 9.69 Å². The van der Waals surface area contributed by atoms with Crippen LogP contribution in [0.5, 0.6) is 0 Å². The Hall–Kier alpha value is -2.60. The van der Waals surface area contributed by atoms with Crippen LogP contribution in [0.3, 0.4) is 0 Å². The van der Waals surface area contributed by atoms with Crippen LogP contribution in [0.1, 0.15) is 18.4 Å². The fourth-order valence-electron chi connectivity index (χ4n) is 4.48. The minimum Gasteiger partial charge on any atom is -0.369 e. The van der Waals surface area contributed by atoms with Gasteiger partial charge >= 0.3 is 0 Å². The molecule has 0 spiro atoms. The zero-order valence-electron chi connectivity index (χ0n) is 15.5. The molecule has 4 heterocycles. The lowest BCUT2D eigenvalue weighted by molar-refractivity contribution is -0.117. The van der Waals surface area contributed by atoms with Gasteiger partial charge in [0.2, 0.25) is 5.91 Å². The topological polar surface area (TPSA) is 51.7 Å². The highest BCUT2D eigenvalue weighted by Crippen LogP contribution is 2.35. The Morgan fingerprint density at radius 2 is 1.89 bits per heavy atom. The molecule has 6 heteroatoms. The molecule has 1 unspecified atom stereocenters. The summed E-state index contributed by atoms with van der Waals surface area (Å²) in [5.41, 5.74) is 3.34. The second kappa shape index (κ2) is 6.85. The molecule has 3 aliphatic rings. The molecule has 1 N–H and O–H groups in total. The van der Waals surface area contributed by atoms with E-state index in [0.717, 1.165) is 63.6 Å². The molecule has 5 rings (SSSR count). The number of rotatable bonds is 3. The number of anilines is 3. The fraction of sp³-hybridized carbons (Fsp3) is 0.429. The predicted octanol–water partition coefficient (Wildman–Crippen LogP) is 2.32. The van der Waals surface area contributed by atoms with Crippen LogP contribution in [0.4, 0.5) is 17.2 Å². The summed E-state index contributed by atoms with van der Waals surface area (Å²) in [4.78, 5) is 24.1. The monoisotopic (exact) mass is 363 g/mol. The van der Waals surface area contributed by atoms with Crippen LogP contribution >= 0.6 is 0 Å². The Morgan fingerprint density at radius 3 is 2.70 bits per heavy atom. The summed E-state index contributed by atoms with van der Waals surface area (Å²) >= 11 is 0. The van der Waals surface area contributed by atoms with Gasteiger partial charge in [0.15, 0.2) is 5.82 Å². The summed E-state index contributed by atoms with van der Waals surface area (Å²) < 4.78 is 0. The number of hydrogen-bond donors (Lipinski definition) is 1. The van der Waals surface area contributed by atoms with E-state index in [1.807, 2.05) is 6.20 Å². The number of nitrogens with zero attached hydrogens (tertiary/aromatic N) is 4. The SMILES string of the molecule is O=C1Nc2cc(CN3CCN(c4ccccc4)CC3)cnc2N2CCCC12. The van der Waals surface area contributed by atoms with Crippen molar-refractivity contribution in [3.63, 3.8) is 0 Å². The molecule has 0 aliphatic carbocycles. The summed E-state index contributed by atoms with van der Waals surface area (Å²) in [5.74, 6) is 1.06. The lowest BCUT2D eigenvalue weighted by Crippen LogP contribution is -2.46. The number of benzene rings is 1. The number of carbonyl (C=O) groups excluding carboxylic acids is 1. The smallest absolute Gasteiger partial charge is 0.247 e. The van der Waals surface area contributed by atoms with Crippen LogP contribution in [0, 0.1) is 0 Å². The van der Waals surface area contributed by atoms with Gasteiger partial charge in [-0.15, -0.1) is 0 Å². The predicted molar refractivity (Wildman–Crippen MR) is 107 cm³/mol. The van der Waals surface area contributed by atoms with Gasteiger partial charge in [0.25, 0.3) is 0 Å². The number of amides is 1. The molecule has 1 amide bonds. The van der Waals surface area contributed by atoms with Gasteiger partial charge in [-0.25, -0.2) is 4.98 Å². The van der Waals surface area contributed by atoms with Gasteiger partial charge in [0.1, 0.15) is 6.04 Å². The molecule has 6 nitrogen and oxygen atoms in total. The molecular formula is C21H25N5O. The maximum Gasteiger partial charge on any atom is 0.247 e. The van der Waals surface area contributed by atoms with Gasteiger partial charge < -0.3 is 15.1 Å². The van der Waals surface area contributed by atoms with Crippen LogP contribution in [-0.4, -0.2) is 54.6 Å². The number of nitrogens with one attached hydrogen (secondary N) is 1. The third kappa shape index (κ3) is 3.14. The maximum atomic E-state index is 12.3. The number of pyridine rings is 1. The van der Waals surface area contributed by atoms with Crippen molar-refractivity contribution in [2.24, 2.45) is 0 Å². The van der Waals surface area contributed by atoms with Gasteiger partial charge in [0, 0.05) is 51.2 Å². The van der Waals surface area contributed by atoms with Crippen molar-refractivity contribution in [3.8, 4) is 0 Å². The first-order valence-corrected chi connectivity index (χ1v) is 9.87. The van der Waals surface area contributed by atoms with E-state index >= 15 is 0 Å². The van der Waals surface area contributed by atoms with Gasteiger partial charge in [-0.1, -0.05) is 18.2 Å². The summed E-state index contributed by atoms with van der Waals surface area (Å²) in [6.07, 6.45) is 3.97. The molecule has 1 aromatic carbocycles. The highest BCUT2D eigenvalue weighted by atomic mass is 16.2. The first kappa shape index (κ1) is 16.6. The van der Waals surface area contributed by atoms with E-state index in [-0.39, 0.29) is 11.9 Å². The first-order chi connectivity index (χ1) is 13.3. The van der Waals surface area contributed by atoms with E-state index in [1.165, 1.54) is 11.3 Å². The maximum absolute atomic E-state index is 12.3. The second-order valence-corrected chi connectivity index (χ2v) is 7.65. The molecule has 2 saturated heterocycles. The van der Waals surface area contributed by atoms with Crippen molar-refractivity contribution < 1.29 is 4.79 Å². The molecular weight excluding hydrogens is 338 g/mol. The average Bonchev–Trinajstić information content (AvgIpc) is 3.20. The first-order valence-electron chi connectivity index (χ1n) is 9.87. The summed E-state index contributed by atoms with van der Waals surface area (Å²) in [5, 5.41) is 3.07. The van der Waals surface area contributed by atoms with Gasteiger partial charge in [-0.05, 0) is 36.6 Å². The normalized spacial score (nSPS) is 22.4. The standard InChI is InChI=1S/C21H25N5O/c27-21-19-7-4-8-26(19)20-18(23-21)13-16(14-22-20)15-24-9-11-25(12-10-24)17-5-2-1-3-6-17/h1-3,5-6,13-14,19H,4,7-12,15H2,(H,23,27). The molecule has 3 aliphatic heterocycles. The minimum absolute atomic E-state index is 0.0260. The summed E-state index contributed by atoms with van der Waals surface area (Å²) in [6, 6.07) is 12.7. The number of aromatic nitrogens is 1. The quantitative estimate of drug-likeness (QED) is 0.907. The fourth-order valence-corrected chi connectivity index (χ4v) is 4.48. The molecule has 27 heavy (non-hydrogen) atoms. The number of carbonyl (C=O) groups is 1. The molecule has 2 fully saturated rings. The van der Waals surface area contributed by atoms with Crippen LogP contribution in [0.15, 0.2) is 42.6 Å². The number of piperazine rings is 1. The Bertz CT molecular complexity index is 832. The zero-order valence-corrected chi connectivity index (χ0v) is 15.5. The van der Waals surface area contributed by atoms with Crippen LogP contribution < -0.4 is 15.1 Å². The lowest BCUT2D eigenvalue weighted by atomic mass is 10.1. The third-order valence-electron chi connectivity index (χ3n) is 5.91. The molecule has 140 valence electrons. The summed E-state index contributed by atoms with van der Waals surface area (Å²) in [7, 11) is 0. The van der Waals surface area contributed by atoms with Crippen molar-refractivity contribution in [3.05, 3.63) is 48.2 Å². The molecule has 0 bridgehead atoms. The molecule has 1 aromatic heterocycles.